The summed E-state index contributed by atoms with van der Waals surface area (Å²) in [6.45, 7) is 3.72. The van der Waals surface area contributed by atoms with Gasteiger partial charge in [-0.2, -0.15) is 0 Å². The number of phenols is 1. The number of anilines is 1. The van der Waals surface area contributed by atoms with Gasteiger partial charge in [-0.1, -0.05) is 19.1 Å². The van der Waals surface area contributed by atoms with Gasteiger partial charge in [0.1, 0.15) is 11.3 Å². The molecule has 2 N–H and O–H groups in total. The van der Waals surface area contributed by atoms with Crippen LogP contribution < -0.4 is 5.32 Å². The van der Waals surface area contributed by atoms with Gasteiger partial charge in [0.15, 0.2) is 5.58 Å². The first kappa shape index (κ1) is 15.1. The minimum absolute atomic E-state index is 0.0545. The van der Waals surface area contributed by atoms with Crippen molar-refractivity contribution in [2.75, 3.05) is 5.32 Å². The van der Waals surface area contributed by atoms with Crippen molar-refractivity contribution in [3.8, 4) is 17.2 Å². The average Bonchev–Trinajstić information content (AvgIpc) is 2.94. The first-order valence-corrected chi connectivity index (χ1v) is 7.58. The summed E-state index contributed by atoms with van der Waals surface area (Å²) in [5.41, 5.74) is 3.11. The molecule has 0 unspecified atom stereocenters. The maximum atomic E-state index is 11.8. The Morgan fingerprint density at radius 1 is 1.30 bits per heavy atom. The van der Waals surface area contributed by atoms with Gasteiger partial charge in [0.2, 0.25) is 11.8 Å². The summed E-state index contributed by atoms with van der Waals surface area (Å²) in [4.78, 5) is 16.2. The number of oxazole rings is 1. The summed E-state index contributed by atoms with van der Waals surface area (Å²) in [5.74, 6) is 0.379. The second kappa shape index (κ2) is 6.12. The quantitative estimate of drug-likeness (QED) is 0.706. The molecule has 0 aliphatic carbocycles. The normalized spacial score (nSPS) is 10.9. The van der Waals surface area contributed by atoms with Crippen LogP contribution in [0.15, 0.2) is 40.8 Å². The van der Waals surface area contributed by atoms with Crippen molar-refractivity contribution in [3.05, 3.63) is 42.0 Å². The van der Waals surface area contributed by atoms with E-state index in [-0.39, 0.29) is 11.7 Å². The molecule has 0 aliphatic rings. The zero-order valence-corrected chi connectivity index (χ0v) is 13.1. The Labute approximate surface area is 134 Å². The molecule has 0 saturated carbocycles. The smallest absolute Gasteiger partial charge is 0.231 e. The molecule has 1 aromatic heterocycles. The molecule has 0 spiro atoms. The molecule has 3 aromatic rings. The van der Waals surface area contributed by atoms with Crippen molar-refractivity contribution < 1.29 is 14.3 Å². The fourth-order valence-electron chi connectivity index (χ4n) is 2.45. The summed E-state index contributed by atoms with van der Waals surface area (Å²) < 4.78 is 5.71. The Hall–Kier alpha value is -2.82. The number of carbonyl (C=O) groups excluding carboxylic acids is 1. The van der Waals surface area contributed by atoms with E-state index in [2.05, 4.69) is 10.3 Å². The third kappa shape index (κ3) is 3.04. The molecule has 0 radical (unpaired) electrons. The van der Waals surface area contributed by atoms with E-state index in [1.165, 1.54) is 0 Å². The number of para-hydroxylation sites is 2. The monoisotopic (exact) mass is 310 g/mol. The summed E-state index contributed by atoms with van der Waals surface area (Å²) in [5, 5.41) is 13.2. The lowest BCUT2D eigenvalue weighted by Crippen LogP contribution is -2.10. The standard InChI is InChI=1S/C18H18N2O3/c1-3-6-16(21)19-12-9-11(2)17(22)13(10-12)18-20-14-7-4-5-8-15(14)23-18/h4-5,7-10,22H,3,6H2,1-2H3,(H,19,21). The molecule has 1 amide bonds. The third-order valence-electron chi connectivity index (χ3n) is 3.59. The number of aromatic nitrogens is 1. The summed E-state index contributed by atoms with van der Waals surface area (Å²) in [7, 11) is 0. The van der Waals surface area contributed by atoms with E-state index in [0.717, 1.165) is 11.9 Å². The van der Waals surface area contributed by atoms with E-state index in [4.69, 9.17) is 4.42 Å². The SMILES string of the molecule is CCCC(=O)Nc1cc(C)c(O)c(-c2nc3ccccc3o2)c1. The highest BCUT2D eigenvalue weighted by atomic mass is 16.3. The van der Waals surface area contributed by atoms with Crippen LogP contribution >= 0.6 is 0 Å². The van der Waals surface area contributed by atoms with Crippen molar-refractivity contribution in [1.29, 1.82) is 0 Å². The summed E-state index contributed by atoms with van der Waals surface area (Å²) in [6, 6.07) is 10.8. The molecule has 2 aromatic carbocycles. The number of fused-ring (bicyclic) bond motifs is 1. The van der Waals surface area contributed by atoms with Gasteiger partial charge in [-0.15, -0.1) is 0 Å². The fourth-order valence-corrected chi connectivity index (χ4v) is 2.45. The van der Waals surface area contributed by atoms with Crippen molar-refractivity contribution in [3.63, 3.8) is 0 Å². The second-order valence-corrected chi connectivity index (χ2v) is 5.47. The predicted molar refractivity (Wildman–Crippen MR) is 89.4 cm³/mol. The fraction of sp³-hybridized carbons (Fsp3) is 0.222. The number of nitrogens with zero attached hydrogens (tertiary/aromatic N) is 1. The van der Waals surface area contributed by atoms with Crippen LogP contribution in [0.25, 0.3) is 22.6 Å². The van der Waals surface area contributed by atoms with Gasteiger partial charge in [-0.3, -0.25) is 4.79 Å². The molecule has 1 heterocycles. The molecule has 5 heteroatoms. The topological polar surface area (TPSA) is 75.4 Å². The third-order valence-corrected chi connectivity index (χ3v) is 3.59. The number of aryl methyl sites for hydroxylation is 1. The average molecular weight is 310 g/mol. The Kier molecular flexibility index (Phi) is 4.02. The molecule has 0 fully saturated rings. The van der Waals surface area contributed by atoms with Crippen LogP contribution in [0.3, 0.4) is 0 Å². The summed E-state index contributed by atoms with van der Waals surface area (Å²) >= 11 is 0. The number of carbonyl (C=O) groups is 1. The first-order valence-electron chi connectivity index (χ1n) is 7.58. The predicted octanol–water partition coefficient (Wildman–Crippen LogP) is 4.25. The van der Waals surface area contributed by atoms with E-state index in [1.54, 1.807) is 19.1 Å². The molecular formula is C18H18N2O3. The summed E-state index contributed by atoms with van der Waals surface area (Å²) in [6.07, 6.45) is 1.24. The van der Waals surface area contributed by atoms with Gasteiger partial charge in [0, 0.05) is 12.1 Å². The number of nitrogens with one attached hydrogen (secondary N) is 1. The molecular weight excluding hydrogens is 292 g/mol. The van der Waals surface area contributed by atoms with E-state index in [1.807, 2.05) is 31.2 Å². The minimum atomic E-state index is -0.0545. The molecule has 3 rings (SSSR count). The number of rotatable bonds is 4. The van der Waals surface area contributed by atoms with E-state index in [0.29, 0.717) is 34.7 Å². The largest absolute Gasteiger partial charge is 0.507 e. The lowest BCUT2D eigenvalue weighted by molar-refractivity contribution is -0.116. The van der Waals surface area contributed by atoms with Crippen LogP contribution in [-0.4, -0.2) is 16.0 Å². The van der Waals surface area contributed by atoms with Crippen LogP contribution in [0, 0.1) is 6.92 Å². The van der Waals surface area contributed by atoms with Gasteiger partial charge in [0.25, 0.3) is 0 Å². The Morgan fingerprint density at radius 3 is 2.83 bits per heavy atom. The lowest BCUT2D eigenvalue weighted by atomic mass is 10.1. The Balaban J connectivity index is 2.03. The van der Waals surface area contributed by atoms with Crippen molar-refractivity contribution >= 4 is 22.7 Å². The van der Waals surface area contributed by atoms with E-state index >= 15 is 0 Å². The molecule has 0 atom stereocenters. The van der Waals surface area contributed by atoms with E-state index in [9.17, 15) is 9.90 Å². The van der Waals surface area contributed by atoms with Gasteiger partial charge < -0.3 is 14.8 Å². The number of aromatic hydroxyl groups is 1. The maximum absolute atomic E-state index is 11.8. The van der Waals surface area contributed by atoms with Crippen LogP contribution in [0.4, 0.5) is 5.69 Å². The molecule has 5 nitrogen and oxygen atoms in total. The van der Waals surface area contributed by atoms with Crippen LogP contribution in [0.2, 0.25) is 0 Å². The molecule has 0 aliphatic heterocycles. The van der Waals surface area contributed by atoms with Crippen LogP contribution in [0.1, 0.15) is 25.3 Å². The number of hydrogen-bond donors (Lipinski definition) is 2. The van der Waals surface area contributed by atoms with Gasteiger partial charge >= 0.3 is 0 Å². The molecule has 0 bridgehead atoms. The number of hydrogen-bond acceptors (Lipinski definition) is 4. The lowest BCUT2D eigenvalue weighted by Gasteiger charge is -2.10. The highest BCUT2D eigenvalue weighted by molar-refractivity contribution is 5.92. The minimum Gasteiger partial charge on any atom is -0.507 e. The highest BCUT2D eigenvalue weighted by Crippen LogP contribution is 2.36. The van der Waals surface area contributed by atoms with Crippen molar-refractivity contribution in [2.45, 2.75) is 26.7 Å². The highest BCUT2D eigenvalue weighted by Gasteiger charge is 2.16. The Morgan fingerprint density at radius 2 is 2.09 bits per heavy atom. The van der Waals surface area contributed by atoms with Gasteiger partial charge in [-0.05, 0) is 43.2 Å². The zero-order chi connectivity index (χ0) is 16.4. The van der Waals surface area contributed by atoms with Crippen molar-refractivity contribution in [2.24, 2.45) is 0 Å². The molecule has 118 valence electrons. The molecule has 23 heavy (non-hydrogen) atoms. The number of amides is 1. The Bertz CT molecular complexity index is 835. The van der Waals surface area contributed by atoms with E-state index < -0.39 is 0 Å². The van der Waals surface area contributed by atoms with Crippen molar-refractivity contribution in [1.82, 2.24) is 4.98 Å². The zero-order valence-electron chi connectivity index (χ0n) is 13.1. The number of benzene rings is 2. The van der Waals surface area contributed by atoms with Gasteiger partial charge in [0.05, 0.1) is 5.56 Å². The van der Waals surface area contributed by atoms with Crippen LogP contribution in [0.5, 0.6) is 5.75 Å². The number of phenolic OH excluding ortho intramolecular Hbond substituents is 1. The second-order valence-electron chi connectivity index (χ2n) is 5.47. The maximum Gasteiger partial charge on any atom is 0.231 e. The van der Waals surface area contributed by atoms with Gasteiger partial charge in [-0.25, -0.2) is 4.98 Å². The molecule has 0 saturated heterocycles. The van der Waals surface area contributed by atoms with Crippen LogP contribution in [-0.2, 0) is 4.79 Å². The first-order chi connectivity index (χ1) is 11.1.